The summed E-state index contributed by atoms with van der Waals surface area (Å²) in [6, 6.07) is 7.34. The highest BCUT2D eigenvalue weighted by Gasteiger charge is 2.19. The molecule has 1 rings (SSSR count). The van der Waals surface area contributed by atoms with Crippen molar-refractivity contribution in [2.45, 2.75) is 46.1 Å². The summed E-state index contributed by atoms with van der Waals surface area (Å²) in [6.07, 6.45) is 1.97. The fourth-order valence-corrected chi connectivity index (χ4v) is 3.20. The minimum absolute atomic E-state index is 0.0641. The van der Waals surface area contributed by atoms with E-state index in [1.54, 1.807) is 6.07 Å². The second-order valence-corrected chi connectivity index (χ2v) is 8.43. The van der Waals surface area contributed by atoms with Gasteiger partial charge in [0.15, 0.2) is 0 Å². The molecule has 0 fully saturated rings. The lowest BCUT2D eigenvalue weighted by Gasteiger charge is -2.25. The minimum Gasteiger partial charge on any atom is -0.352 e. The van der Waals surface area contributed by atoms with Crippen LogP contribution in [0.4, 0.5) is 5.69 Å². The number of rotatable bonds is 6. The van der Waals surface area contributed by atoms with Gasteiger partial charge < -0.3 is 5.32 Å². The molecule has 0 atom stereocenters. The Morgan fingerprint density at radius 3 is 2.32 bits per heavy atom. The van der Waals surface area contributed by atoms with E-state index in [2.05, 4.69) is 5.32 Å². The number of hydrogen-bond donors (Lipinski definition) is 1. The van der Waals surface area contributed by atoms with Crippen molar-refractivity contribution < 1.29 is 13.2 Å². The lowest BCUT2D eigenvalue weighted by Crippen LogP contribution is -2.41. The molecule has 0 radical (unpaired) electrons. The second kappa shape index (κ2) is 7.13. The number of carbonyl (C=O) groups excluding carboxylic acids is 1. The summed E-state index contributed by atoms with van der Waals surface area (Å²) in [7, 11) is -3.37. The number of benzene rings is 1. The summed E-state index contributed by atoms with van der Waals surface area (Å²) >= 11 is 0. The van der Waals surface area contributed by atoms with E-state index >= 15 is 0 Å². The normalized spacial score (nSPS) is 12.0. The number of amides is 1. The molecule has 1 aromatic carbocycles. The highest BCUT2D eigenvalue weighted by atomic mass is 32.2. The predicted octanol–water partition coefficient (Wildman–Crippen LogP) is 2.46. The predicted molar refractivity (Wildman–Crippen MR) is 90.5 cm³/mol. The van der Waals surface area contributed by atoms with E-state index in [1.165, 1.54) is 10.6 Å². The first kappa shape index (κ1) is 18.5. The van der Waals surface area contributed by atoms with E-state index in [1.807, 2.05) is 45.9 Å². The molecule has 6 heteroatoms. The molecule has 0 unspecified atom stereocenters. The van der Waals surface area contributed by atoms with Gasteiger partial charge in [-0.05, 0) is 45.7 Å². The summed E-state index contributed by atoms with van der Waals surface area (Å²) in [5.74, 6) is -0.0641. The molecule has 0 spiro atoms. The lowest BCUT2D eigenvalue weighted by molar-refractivity contribution is -0.122. The number of aryl methyl sites for hydroxylation is 1. The number of hydrogen-bond acceptors (Lipinski definition) is 3. The Hall–Kier alpha value is -1.56. The molecule has 0 heterocycles. The van der Waals surface area contributed by atoms with Crippen LogP contribution >= 0.6 is 0 Å². The Bertz CT molecular complexity index is 619. The molecule has 22 heavy (non-hydrogen) atoms. The molecule has 124 valence electrons. The molecule has 1 amide bonds. The lowest BCUT2D eigenvalue weighted by atomic mass is 10.1. The van der Waals surface area contributed by atoms with Crippen LogP contribution in [0.15, 0.2) is 24.3 Å². The van der Waals surface area contributed by atoms with Crippen molar-refractivity contribution in [3.05, 3.63) is 29.8 Å². The summed E-state index contributed by atoms with van der Waals surface area (Å²) in [5, 5.41) is 2.88. The average Bonchev–Trinajstić information content (AvgIpc) is 2.32. The third kappa shape index (κ3) is 6.05. The Morgan fingerprint density at radius 1 is 1.23 bits per heavy atom. The molecule has 0 saturated heterocycles. The first-order chi connectivity index (χ1) is 10.0. The van der Waals surface area contributed by atoms with E-state index < -0.39 is 10.0 Å². The van der Waals surface area contributed by atoms with E-state index in [4.69, 9.17) is 0 Å². The van der Waals surface area contributed by atoms with Crippen molar-refractivity contribution in [3.63, 3.8) is 0 Å². The summed E-state index contributed by atoms with van der Waals surface area (Å²) in [5.41, 5.74) is 1.29. The molecule has 0 aliphatic rings. The zero-order valence-electron chi connectivity index (χ0n) is 14.0. The first-order valence-electron chi connectivity index (χ1n) is 7.35. The van der Waals surface area contributed by atoms with Gasteiger partial charge in [-0.15, -0.1) is 0 Å². The molecule has 0 aliphatic carbocycles. The van der Waals surface area contributed by atoms with Crippen LogP contribution in [0.3, 0.4) is 0 Å². The van der Waals surface area contributed by atoms with Gasteiger partial charge in [0, 0.05) is 18.5 Å². The zero-order valence-corrected chi connectivity index (χ0v) is 14.8. The van der Waals surface area contributed by atoms with Gasteiger partial charge in [-0.3, -0.25) is 9.10 Å². The van der Waals surface area contributed by atoms with Gasteiger partial charge in [0.2, 0.25) is 15.9 Å². The summed E-state index contributed by atoms with van der Waals surface area (Å²) < 4.78 is 25.4. The average molecular weight is 326 g/mol. The maximum Gasteiger partial charge on any atom is 0.232 e. The number of nitrogens with zero attached hydrogens (tertiary/aromatic N) is 1. The van der Waals surface area contributed by atoms with Gasteiger partial charge in [0.05, 0.1) is 11.9 Å². The molecule has 1 aromatic rings. The van der Waals surface area contributed by atoms with Gasteiger partial charge in [-0.1, -0.05) is 18.2 Å². The van der Waals surface area contributed by atoms with Gasteiger partial charge >= 0.3 is 0 Å². The van der Waals surface area contributed by atoms with Crippen molar-refractivity contribution in [2.24, 2.45) is 0 Å². The fourth-order valence-electron chi connectivity index (χ4n) is 2.17. The standard InChI is InChI=1S/C16H26N2O3S/c1-13-9-6-7-10-14(13)18(22(5,20)21)12-8-11-15(19)17-16(2,3)4/h6-7,9-10H,8,11-12H2,1-5H3,(H,17,19). The summed E-state index contributed by atoms with van der Waals surface area (Å²) in [4.78, 5) is 11.8. The maximum absolute atomic E-state index is 12.0. The monoisotopic (exact) mass is 326 g/mol. The largest absolute Gasteiger partial charge is 0.352 e. The van der Waals surface area contributed by atoms with Crippen LogP contribution in [0.5, 0.6) is 0 Å². The highest BCUT2D eigenvalue weighted by Crippen LogP contribution is 2.22. The molecular formula is C16H26N2O3S. The first-order valence-corrected chi connectivity index (χ1v) is 9.20. The van der Waals surface area contributed by atoms with Crippen LogP contribution in [0.1, 0.15) is 39.2 Å². The molecule has 0 aliphatic heterocycles. The van der Waals surface area contributed by atoms with E-state index in [9.17, 15) is 13.2 Å². The van der Waals surface area contributed by atoms with E-state index in [-0.39, 0.29) is 11.4 Å². The van der Waals surface area contributed by atoms with Crippen LogP contribution in [0, 0.1) is 6.92 Å². The van der Waals surface area contributed by atoms with E-state index in [0.29, 0.717) is 25.1 Å². The van der Waals surface area contributed by atoms with Crippen molar-refractivity contribution in [3.8, 4) is 0 Å². The summed E-state index contributed by atoms with van der Waals surface area (Å²) in [6.45, 7) is 7.92. The molecule has 0 bridgehead atoms. The van der Waals surface area contributed by atoms with Gasteiger partial charge in [-0.2, -0.15) is 0 Å². The second-order valence-electron chi connectivity index (χ2n) is 6.52. The quantitative estimate of drug-likeness (QED) is 0.873. The smallest absolute Gasteiger partial charge is 0.232 e. The van der Waals surface area contributed by atoms with Crippen LogP contribution in [0.25, 0.3) is 0 Å². The Kier molecular flexibility index (Phi) is 6.00. The molecule has 1 N–H and O–H groups in total. The topological polar surface area (TPSA) is 66.5 Å². The van der Waals surface area contributed by atoms with Crippen LogP contribution in [-0.2, 0) is 14.8 Å². The Balaban J connectivity index is 2.74. The van der Waals surface area contributed by atoms with E-state index in [0.717, 1.165) is 5.56 Å². The van der Waals surface area contributed by atoms with Gasteiger partial charge in [-0.25, -0.2) is 8.42 Å². The molecule has 0 saturated carbocycles. The molecule has 5 nitrogen and oxygen atoms in total. The number of nitrogens with one attached hydrogen (secondary N) is 1. The minimum atomic E-state index is -3.37. The fraction of sp³-hybridized carbons (Fsp3) is 0.562. The van der Waals surface area contributed by atoms with Gasteiger partial charge in [0.1, 0.15) is 0 Å². The highest BCUT2D eigenvalue weighted by molar-refractivity contribution is 7.92. The number of sulfonamides is 1. The number of carbonyl (C=O) groups is 1. The van der Waals surface area contributed by atoms with Crippen molar-refractivity contribution in [1.82, 2.24) is 5.32 Å². The van der Waals surface area contributed by atoms with Gasteiger partial charge in [0.25, 0.3) is 0 Å². The maximum atomic E-state index is 12.0. The van der Waals surface area contributed by atoms with Crippen molar-refractivity contribution in [1.29, 1.82) is 0 Å². The molecule has 0 aromatic heterocycles. The van der Waals surface area contributed by atoms with Crippen LogP contribution < -0.4 is 9.62 Å². The van der Waals surface area contributed by atoms with Crippen LogP contribution in [-0.4, -0.2) is 32.7 Å². The number of anilines is 1. The Morgan fingerprint density at radius 2 is 1.82 bits per heavy atom. The zero-order chi connectivity index (χ0) is 17.0. The number of para-hydroxylation sites is 1. The van der Waals surface area contributed by atoms with Crippen LogP contribution in [0.2, 0.25) is 0 Å². The van der Waals surface area contributed by atoms with Crippen molar-refractivity contribution >= 4 is 21.6 Å². The Labute approximate surface area is 133 Å². The van der Waals surface area contributed by atoms with Crippen molar-refractivity contribution in [2.75, 3.05) is 17.1 Å². The third-order valence-electron chi connectivity index (χ3n) is 3.06. The third-order valence-corrected chi connectivity index (χ3v) is 4.24. The SMILES string of the molecule is Cc1ccccc1N(CCCC(=O)NC(C)(C)C)S(C)(=O)=O. The molecular weight excluding hydrogens is 300 g/mol.